The van der Waals surface area contributed by atoms with Crippen LogP contribution in [0.1, 0.15) is 0 Å². The van der Waals surface area contributed by atoms with Crippen molar-refractivity contribution in [2.75, 3.05) is 12.4 Å². The van der Waals surface area contributed by atoms with E-state index in [4.69, 9.17) is 0 Å². The zero-order valence-corrected chi connectivity index (χ0v) is 10.4. The van der Waals surface area contributed by atoms with Gasteiger partial charge >= 0.3 is 0 Å². The normalized spacial score (nSPS) is 10.7. The number of imidazole rings is 1. The van der Waals surface area contributed by atoms with Gasteiger partial charge in [-0.1, -0.05) is 11.8 Å². The fourth-order valence-corrected chi connectivity index (χ4v) is 2.42. The molecule has 0 aromatic carbocycles. The monoisotopic (exact) mass is 258 g/mol. The molecule has 0 spiro atoms. The lowest BCUT2D eigenvalue weighted by atomic mass is 10.5. The van der Waals surface area contributed by atoms with Crippen LogP contribution in [-0.2, 0) is 0 Å². The quantitative estimate of drug-likeness (QED) is 0.699. The van der Waals surface area contributed by atoms with Crippen LogP contribution in [0.25, 0.3) is 11.2 Å². The van der Waals surface area contributed by atoms with Gasteiger partial charge in [-0.15, -0.1) is 0 Å². The highest BCUT2D eigenvalue weighted by Crippen LogP contribution is 2.30. The first-order chi connectivity index (χ1) is 8.86. The van der Waals surface area contributed by atoms with Crippen molar-refractivity contribution in [2.45, 2.75) is 9.92 Å². The van der Waals surface area contributed by atoms with E-state index in [1.165, 1.54) is 6.33 Å². The maximum absolute atomic E-state index is 4.27. The molecule has 0 unspecified atom stereocenters. The molecule has 0 aliphatic rings. The molecule has 90 valence electrons. The summed E-state index contributed by atoms with van der Waals surface area (Å²) < 4.78 is 0. The molecule has 0 atom stereocenters. The summed E-state index contributed by atoms with van der Waals surface area (Å²) in [7, 11) is 1.84. The number of H-pyrrole nitrogens is 1. The van der Waals surface area contributed by atoms with E-state index in [0.29, 0.717) is 5.65 Å². The lowest BCUT2D eigenvalue weighted by molar-refractivity contribution is 1.08. The molecule has 3 aromatic heterocycles. The molecule has 0 fully saturated rings. The molecule has 18 heavy (non-hydrogen) atoms. The predicted molar refractivity (Wildman–Crippen MR) is 69.6 cm³/mol. The van der Waals surface area contributed by atoms with Crippen molar-refractivity contribution in [1.29, 1.82) is 0 Å². The van der Waals surface area contributed by atoms with Gasteiger partial charge in [0.15, 0.2) is 5.65 Å². The number of nitrogens with zero attached hydrogens (tertiary/aromatic N) is 4. The van der Waals surface area contributed by atoms with Gasteiger partial charge in [0.05, 0.1) is 6.33 Å². The Kier molecular flexibility index (Phi) is 2.81. The van der Waals surface area contributed by atoms with Gasteiger partial charge in [-0.2, -0.15) is 0 Å². The Balaban J connectivity index is 1.98. The lowest BCUT2D eigenvalue weighted by Gasteiger charge is -2.03. The van der Waals surface area contributed by atoms with Crippen LogP contribution >= 0.6 is 11.8 Å². The van der Waals surface area contributed by atoms with E-state index in [1.54, 1.807) is 24.3 Å². The minimum Gasteiger partial charge on any atom is -0.373 e. The highest BCUT2D eigenvalue weighted by atomic mass is 32.2. The topological polar surface area (TPSA) is 79.4 Å². The van der Waals surface area contributed by atoms with E-state index in [0.717, 1.165) is 21.3 Å². The number of fused-ring (bicyclic) bond motifs is 1. The summed E-state index contributed by atoms with van der Waals surface area (Å²) in [4.78, 5) is 20.7. The first-order valence-corrected chi connectivity index (χ1v) is 6.14. The second-order valence-electron chi connectivity index (χ2n) is 3.51. The van der Waals surface area contributed by atoms with Gasteiger partial charge in [0.25, 0.3) is 0 Å². The maximum Gasteiger partial charge on any atom is 0.181 e. The van der Waals surface area contributed by atoms with Crippen LogP contribution in [-0.4, -0.2) is 32.0 Å². The molecule has 3 heterocycles. The minimum atomic E-state index is 0.676. The average molecular weight is 258 g/mol. The maximum atomic E-state index is 4.27. The number of rotatable bonds is 3. The van der Waals surface area contributed by atoms with Crippen molar-refractivity contribution in [1.82, 2.24) is 24.9 Å². The highest BCUT2D eigenvalue weighted by Gasteiger charge is 2.07. The Bertz CT molecular complexity index is 680. The van der Waals surface area contributed by atoms with Gasteiger partial charge < -0.3 is 10.3 Å². The van der Waals surface area contributed by atoms with Gasteiger partial charge in [-0.3, -0.25) is 0 Å². The number of hydrogen-bond acceptors (Lipinski definition) is 6. The summed E-state index contributed by atoms with van der Waals surface area (Å²) in [5.74, 6) is 0.829. The summed E-state index contributed by atoms with van der Waals surface area (Å²) in [6, 6.07) is 3.91. The van der Waals surface area contributed by atoms with Crippen LogP contribution in [0.5, 0.6) is 0 Å². The van der Waals surface area contributed by atoms with Crippen LogP contribution in [0.3, 0.4) is 0 Å². The minimum absolute atomic E-state index is 0.676. The average Bonchev–Trinajstić information content (AvgIpc) is 2.88. The van der Waals surface area contributed by atoms with Crippen molar-refractivity contribution in [3.8, 4) is 0 Å². The molecule has 3 aromatic rings. The third kappa shape index (κ3) is 2.00. The molecular formula is C11H10N6S. The third-order valence-corrected chi connectivity index (χ3v) is 3.38. The van der Waals surface area contributed by atoms with E-state index >= 15 is 0 Å². The molecule has 7 heteroatoms. The molecule has 0 aliphatic heterocycles. The van der Waals surface area contributed by atoms with Gasteiger partial charge in [0, 0.05) is 18.1 Å². The highest BCUT2D eigenvalue weighted by molar-refractivity contribution is 7.99. The van der Waals surface area contributed by atoms with E-state index < -0.39 is 0 Å². The fraction of sp³-hybridized carbons (Fsp3) is 0.0909. The van der Waals surface area contributed by atoms with E-state index in [-0.39, 0.29) is 0 Å². The SMILES string of the molecule is CNc1cc(Sc2ncnc3nc[nH]c23)ccn1. The van der Waals surface area contributed by atoms with Gasteiger partial charge in [-0.05, 0) is 12.1 Å². The largest absolute Gasteiger partial charge is 0.373 e. The van der Waals surface area contributed by atoms with Crippen LogP contribution in [0, 0.1) is 0 Å². The van der Waals surface area contributed by atoms with Crippen molar-refractivity contribution in [3.05, 3.63) is 31.0 Å². The molecule has 0 bridgehead atoms. The first kappa shape index (κ1) is 11.0. The zero-order valence-electron chi connectivity index (χ0n) is 9.58. The first-order valence-electron chi connectivity index (χ1n) is 5.32. The molecule has 3 rings (SSSR count). The van der Waals surface area contributed by atoms with Gasteiger partial charge in [0.2, 0.25) is 0 Å². The van der Waals surface area contributed by atoms with Crippen LogP contribution in [0.2, 0.25) is 0 Å². The van der Waals surface area contributed by atoms with E-state index in [2.05, 4.69) is 30.2 Å². The summed E-state index contributed by atoms with van der Waals surface area (Å²) in [5, 5.41) is 3.86. The van der Waals surface area contributed by atoms with Crippen LogP contribution in [0.15, 0.2) is 40.9 Å². The second-order valence-corrected chi connectivity index (χ2v) is 4.57. The molecule has 2 N–H and O–H groups in total. The van der Waals surface area contributed by atoms with Crippen molar-refractivity contribution in [2.24, 2.45) is 0 Å². The Hall–Kier alpha value is -2.15. The third-order valence-electron chi connectivity index (χ3n) is 2.39. The second kappa shape index (κ2) is 4.61. The van der Waals surface area contributed by atoms with Crippen molar-refractivity contribution >= 4 is 28.7 Å². The standard InChI is InChI=1S/C11H10N6S/c1-12-8-4-7(2-3-13-8)18-11-9-10(15-5-14-9)16-6-17-11/h2-6H,1H3,(H,12,13)(H,14,15,16,17). The number of aromatic amines is 1. The summed E-state index contributed by atoms with van der Waals surface area (Å²) in [6.45, 7) is 0. The molecule has 0 amide bonds. The number of nitrogens with one attached hydrogen (secondary N) is 2. The molecular weight excluding hydrogens is 248 g/mol. The number of hydrogen-bond donors (Lipinski definition) is 2. The smallest absolute Gasteiger partial charge is 0.181 e. The number of anilines is 1. The summed E-state index contributed by atoms with van der Waals surface area (Å²) >= 11 is 1.55. The van der Waals surface area contributed by atoms with Gasteiger partial charge in [0.1, 0.15) is 22.7 Å². The molecule has 0 saturated heterocycles. The van der Waals surface area contributed by atoms with E-state index in [1.807, 2.05) is 19.2 Å². The van der Waals surface area contributed by atoms with Gasteiger partial charge in [-0.25, -0.2) is 19.9 Å². The Morgan fingerprint density at radius 1 is 1.22 bits per heavy atom. The zero-order chi connectivity index (χ0) is 12.4. The van der Waals surface area contributed by atoms with Crippen LogP contribution < -0.4 is 5.32 Å². The molecule has 0 radical (unpaired) electrons. The van der Waals surface area contributed by atoms with E-state index in [9.17, 15) is 0 Å². The Morgan fingerprint density at radius 3 is 3.06 bits per heavy atom. The number of pyridine rings is 1. The molecule has 6 nitrogen and oxygen atoms in total. The number of aromatic nitrogens is 5. The fourth-order valence-electron chi connectivity index (χ4n) is 1.54. The Labute approximate surface area is 107 Å². The van der Waals surface area contributed by atoms with Crippen molar-refractivity contribution in [3.63, 3.8) is 0 Å². The summed E-state index contributed by atoms with van der Waals surface area (Å²) in [5.41, 5.74) is 1.53. The summed E-state index contributed by atoms with van der Waals surface area (Å²) in [6.07, 6.45) is 4.90. The van der Waals surface area contributed by atoms with Crippen molar-refractivity contribution < 1.29 is 0 Å². The predicted octanol–water partition coefficient (Wildman–Crippen LogP) is 1.94. The Morgan fingerprint density at radius 2 is 2.17 bits per heavy atom. The molecule has 0 saturated carbocycles. The van der Waals surface area contributed by atoms with Crippen LogP contribution in [0.4, 0.5) is 5.82 Å². The lowest BCUT2D eigenvalue weighted by Crippen LogP contribution is -1.91. The molecule has 0 aliphatic carbocycles.